The molecule has 0 spiro atoms. The highest BCUT2D eigenvalue weighted by atomic mass is 35.5. The summed E-state index contributed by atoms with van der Waals surface area (Å²) in [4.78, 5) is 11.6. The first-order valence-corrected chi connectivity index (χ1v) is 6.79. The molecule has 0 aliphatic rings. The summed E-state index contributed by atoms with van der Waals surface area (Å²) in [6, 6.07) is 1.91. The van der Waals surface area contributed by atoms with E-state index >= 15 is 0 Å². The lowest BCUT2D eigenvalue weighted by molar-refractivity contribution is -0.384. The molecule has 0 aliphatic carbocycles. The van der Waals surface area contributed by atoms with Gasteiger partial charge in [-0.05, 0) is 6.07 Å². The Labute approximate surface area is 128 Å². The van der Waals surface area contributed by atoms with Crippen molar-refractivity contribution in [1.82, 2.24) is 0 Å². The van der Waals surface area contributed by atoms with Crippen LogP contribution in [0.5, 0.6) is 0 Å². The number of halogens is 2. The van der Waals surface area contributed by atoms with Crippen molar-refractivity contribution in [2.24, 2.45) is 16.5 Å². The van der Waals surface area contributed by atoms with E-state index in [-0.39, 0.29) is 11.0 Å². The smallest absolute Gasteiger partial charge is 0.297 e. The zero-order valence-electron chi connectivity index (χ0n) is 9.90. The van der Waals surface area contributed by atoms with Gasteiger partial charge >= 0.3 is 0 Å². The van der Waals surface area contributed by atoms with Crippen molar-refractivity contribution in [2.75, 3.05) is 0 Å². The summed E-state index contributed by atoms with van der Waals surface area (Å²) >= 11 is 10.9. The van der Waals surface area contributed by atoms with E-state index in [9.17, 15) is 18.5 Å². The standard InChI is InChI=1S/C6H3Cl2NO5S.C2H4N4/c7-3-1-2-4(9(10)11)5(8)6(3)15(12,13)14;3-1-6-2(4)5/h1-2H,(H,12,13,14);(H4,4,5,6). The van der Waals surface area contributed by atoms with E-state index in [2.05, 4.69) is 4.99 Å². The molecule has 0 saturated heterocycles. The molecule has 0 aliphatic heterocycles. The van der Waals surface area contributed by atoms with Crippen LogP contribution in [-0.4, -0.2) is 23.9 Å². The molecule has 21 heavy (non-hydrogen) atoms. The van der Waals surface area contributed by atoms with Crippen molar-refractivity contribution < 1.29 is 17.9 Å². The number of nitro benzene ring substituents is 1. The van der Waals surface area contributed by atoms with E-state index in [4.69, 9.17) is 44.5 Å². The maximum atomic E-state index is 10.8. The Kier molecular flexibility index (Phi) is 6.83. The highest BCUT2D eigenvalue weighted by Gasteiger charge is 2.26. The number of nitro groups is 1. The summed E-state index contributed by atoms with van der Waals surface area (Å²) in [5.41, 5.74) is 8.77. The Bertz CT molecular complexity index is 723. The van der Waals surface area contributed by atoms with Crippen LogP contribution >= 0.6 is 23.2 Å². The average Bonchev–Trinajstić information content (AvgIpc) is 2.26. The zero-order chi connectivity index (χ0) is 16.8. The Morgan fingerprint density at radius 1 is 1.43 bits per heavy atom. The van der Waals surface area contributed by atoms with Gasteiger partial charge in [0.25, 0.3) is 15.8 Å². The molecule has 0 aromatic heterocycles. The molecule has 0 saturated carbocycles. The molecule has 0 heterocycles. The normalized spacial score (nSPS) is 9.81. The highest BCUT2D eigenvalue weighted by molar-refractivity contribution is 7.86. The lowest BCUT2D eigenvalue weighted by Crippen LogP contribution is -2.21. The van der Waals surface area contributed by atoms with Gasteiger partial charge in [-0.25, -0.2) is 0 Å². The van der Waals surface area contributed by atoms with Gasteiger partial charge in [-0.3, -0.25) is 14.7 Å². The average molecular weight is 356 g/mol. The van der Waals surface area contributed by atoms with Gasteiger partial charge in [0.15, 0.2) is 0 Å². The fourth-order valence-corrected chi connectivity index (χ4v) is 2.63. The molecule has 0 radical (unpaired) electrons. The Morgan fingerprint density at radius 2 is 1.95 bits per heavy atom. The lowest BCUT2D eigenvalue weighted by atomic mass is 10.3. The van der Waals surface area contributed by atoms with Crippen molar-refractivity contribution in [1.29, 1.82) is 5.26 Å². The minimum absolute atomic E-state index is 0.197. The first-order valence-electron chi connectivity index (χ1n) is 4.60. The predicted octanol–water partition coefficient (Wildman–Crippen LogP) is 0.889. The minimum atomic E-state index is -4.69. The monoisotopic (exact) mass is 355 g/mol. The second-order valence-electron chi connectivity index (χ2n) is 3.08. The van der Waals surface area contributed by atoms with Crippen LogP contribution in [0.4, 0.5) is 5.69 Å². The maximum Gasteiger partial charge on any atom is 0.297 e. The SMILES string of the molecule is N#CN=C(N)N.O=[N+]([O-])c1ccc(Cl)c(S(=O)(=O)O)c1Cl. The van der Waals surface area contributed by atoms with Crippen LogP contribution in [0.2, 0.25) is 10.0 Å². The van der Waals surface area contributed by atoms with E-state index in [1.54, 1.807) is 0 Å². The summed E-state index contributed by atoms with van der Waals surface area (Å²) in [5, 5.41) is 17.0. The molecule has 0 unspecified atom stereocenters. The summed E-state index contributed by atoms with van der Waals surface area (Å²) in [5.74, 6) is -0.197. The maximum absolute atomic E-state index is 10.8. The molecule has 1 rings (SSSR count). The van der Waals surface area contributed by atoms with E-state index < -0.39 is 30.6 Å². The molecule has 5 N–H and O–H groups in total. The van der Waals surface area contributed by atoms with E-state index in [1.807, 2.05) is 0 Å². The summed E-state index contributed by atoms with van der Waals surface area (Å²) < 4.78 is 30.4. The van der Waals surface area contributed by atoms with Crippen LogP contribution in [0.1, 0.15) is 0 Å². The third-order valence-electron chi connectivity index (χ3n) is 1.66. The fraction of sp³-hybridized carbons (Fsp3) is 0. The van der Waals surface area contributed by atoms with Crippen molar-refractivity contribution in [2.45, 2.75) is 4.90 Å². The number of hydrogen-bond donors (Lipinski definition) is 3. The Balaban J connectivity index is 0.000000567. The number of guanidine groups is 1. The van der Waals surface area contributed by atoms with Gasteiger partial charge in [-0.15, -0.1) is 4.99 Å². The first kappa shape index (κ1) is 18.9. The molecule has 0 fully saturated rings. The van der Waals surface area contributed by atoms with Gasteiger partial charge in [0, 0.05) is 6.07 Å². The second kappa shape index (κ2) is 7.60. The van der Waals surface area contributed by atoms with Gasteiger partial charge < -0.3 is 11.5 Å². The number of nitrogens with two attached hydrogens (primary N) is 2. The largest absolute Gasteiger partial charge is 0.369 e. The number of rotatable bonds is 2. The molecule has 1 aromatic carbocycles. The van der Waals surface area contributed by atoms with Gasteiger partial charge in [0.1, 0.15) is 9.92 Å². The van der Waals surface area contributed by atoms with Crippen molar-refractivity contribution >= 4 is 45.0 Å². The van der Waals surface area contributed by atoms with Crippen LogP contribution < -0.4 is 11.5 Å². The minimum Gasteiger partial charge on any atom is -0.369 e. The summed E-state index contributed by atoms with van der Waals surface area (Å²) in [6.07, 6.45) is 1.41. The molecule has 13 heteroatoms. The van der Waals surface area contributed by atoms with Crippen molar-refractivity contribution in [3.8, 4) is 6.19 Å². The molecular formula is C8H7Cl2N5O5S. The van der Waals surface area contributed by atoms with Gasteiger partial charge in [0.2, 0.25) is 12.2 Å². The Hall–Kier alpha value is -2.13. The van der Waals surface area contributed by atoms with Crippen LogP contribution in [0.25, 0.3) is 0 Å². The fourth-order valence-electron chi connectivity index (χ4n) is 0.957. The van der Waals surface area contributed by atoms with Crippen LogP contribution in [-0.2, 0) is 10.1 Å². The molecule has 0 atom stereocenters. The first-order chi connectivity index (χ1) is 9.52. The van der Waals surface area contributed by atoms with E-state index in [0.29, 0.717) is 0 Å². The van der Waals surface area contributed by atoms with Crippen LogP contribution in [0, 0.1) is 21.6 Å². The molecular weight excluding hydrogens is 349 g/mol. The van der Waals surface area contributed by atoms with Crippen molar-refractivity contribution in [3.63, 3.8) is 0 Å². The third kappa shape index (κ3) is 5.79. The summed E-state index contributed by atoms with van der Waals surface area (Å²) in [6.45, 7) is 0. The van der Waals surface area contributed by atoms with Gasteiger partial charge in [0.05, 0.1) is 9.95 Å². The molecule has 0 amide bonds. The van der Waals surface area contributed by atoms with E-state index in [1.165, 1.54) is 6.19 Å². The number of nitriles is 1. The predicted molar refractivity (Wildman–Crippen MR) is 74.4 cm³/mol. The van der Waals surface area contributed by atoms with Gasteiger partial charge in [-0.1, -0.05) is 23.2 Å². The zero-order valence-corrected chi connectivity index (χ0v) is 12.2. The molecule has 1 aromatic rings. The number of benzene rings is 1. The topological polar surface area (TPSA) is 186 Å². The molecule has 114 valence electrons. The molecule has 10 nitrogen and oxygen atoms in total. The molecule has 0 bridgehead atoms. The summed E-state index contributed by atoms with van der Waals surface area (Å²) in [7, 11) is -4.69. The van der Waals surface area contributed by atoms with Crippen LogP contribution in [0.3, 0.4) is 0 Å². The van der Waals surface area contributed by atoms with Gasteiger partial charge in [-0.2, -0.15) is 13.7 Å². The quantitative estimate of drug-likeness (QED) is 0.174. The van der Waals surface area contributed by atoms with Crippen LogP contribution in [0.15, 0.2) is 22.0 Å². The number of hydrogen-bond acceptors (Lipinski definition) is 6. The van der Waals surface area contributed by atoms with Crippen molar-refractivity contribution in [3.05, 3.63) is 32.3 Å². The Morgan fingerprint density at radius 3 is 2.24 bits per heavy atom. The third-order valence-corrected chi connectivity index (χ3v) is 3.52. The highest BCUT2D eigenvalue weighted by Crippen LogP contribution is 2.35. The second-order valence-corrected chi connectivity index (χ2v) is 5.22. The van der Waals surface area contributed by atoms with E-state index in [0.717, 1.165) is 12.1 Å². The number of nitrogens with zero attached hydrogens (tertiary/aromatic N) is 3. The number of aliphatic imine (C=N–C) groups is 1. The lowest BCUT2D eigenvalue weighted by Gasteiger charge is -2.03.